The number of nitrogens with two attached hydrogens (primary N) is 1. The van der Waals surface area contributed by atoms with Crippen molar-refractivity contribution in [2.75, 3.05) is 18.8 Å². The van der Waals surface area contributed by atoms with Crippen molar-refractivity contribution in [2.24, 2.45) is 11.7 Å². The van der Waals surface area contributed by atoms with E-state index in [2.05, 4.69) is 50.0 Å². The number of aryl methyl sites for hydroxylation is 1. The van der Waals surface area contributed by atoms with Crippen molar-refractivity contribution in [3.05, 3.63) is 47.4 Å². The van der Waals surface area contributed by atoms with Crippen LogP contribution in [0, 0.1) is 12.8 Å². The Morgan fingerprint density at radius 2 is 2.17 bits per heavy atom. The van der Waals surface area contributed by atoms with Crippen LogP contribution >= 0.6 is 11.8 Å². The second-order valence-electron chi connectivity index (χ2n) is 8.14. The molecule has 1 saturated carbocycles. The highest BCUT2D eigenvalue weighted by atomic mass is 32.2. The van der Waals surface area contributed by atoms with Crippen molar-refractivity contribution in [1.82, 2.24) is 20.1 Å². The van der Waals surface area contributed by atoms with E-state index in [1.807, 2.05) is 13.1 Å². The van der Waals surface area contributed by atoms with Gasteiger partial charge < -0.3 is 5.73 Å². The quantitative estimate of drug-likeness (QED) is 0.677. The summed E-state index contributed by atoms with van der Waals surface area (Å²) in [6.45, 7) is 5.16. The fourth-order valence-electron chi connectivity index (χ4n) is 4.24. The minimum absolute atomic E-state index is 0.286. The van der Waals surface area contributed by atoms with Crippen LogP contribution in [0.15, 0.2) is 30.5 Å². The Hall–Kier alpha value is -2.38. The number of rotatable bonds is 5. The van der Waals surface area contributed by atoms with Crippen LogP contribution in [0.3, 0.4) is 0 Å². The van der Waals surface area contributed by atoms with Crippen LogP contribution in [0.2, 0.25) is 0 Å². The van der Waals surface area contributed by atoms with Crippen LogP contribution in [-0.2, 0) is 6.54 Å². The number of nitrogens with one attached hydrogen (secondary N) is 1. The summed E-state index contributed by atoms with van der Waals surface area (Å²) >= 11 is 2.14. The number of aromatic nitrogens is 3. The first-order valence-corrected chi connectivity index (χ1v) is 11.2. The fourth-order valence-corrected chi connectivity index (χ4v) is 5.77. The minimum atomic E-state index is -0.514. The van der Waals surface area contributed by atoms with Gasteiger partial charge in [0, 0.05) is 47.8 Å². The summed E-state index contributed by atoms with van der Waals surface area (Å²) in [4.78, 5) is 19.0. The Kier molecular flexibility index (Phi) is 4.80. The summed E-state index contributed by atoms with van der Waals surface area (Å²) in [7, 11) is 0. The number of pyridine rings is 1. The molecule has 29 heavy (non-hydrogen) atoms. The molecule has 5 rings (SSSR count). The average Bonchev–Trinajstić information content (AvgIpc) is 3.48. The Morgan fingerprint density at radius 3 is 2.90 bits per heavy atom. The largest absolute Gasteiger partial charge is 0.364 e. The number of H-pyrrole nitrogens is 1. The molecule has 1 aromatic carbocycles. The number of amides is 1. The van der Waals surface area contributed by atoms with E-state index in [1.165, 1.54) is 30.7 Å². The first-order valence-electron chi connectivity index (χ1n) is 10.2. The summed E-state index contributed by atoms with van der Waals surface area (Å²) in [5.74, 6) is 1.63. The molecule has 1 saturated heterocycles. The third-order valence-electron chi connectivity index (χ3n) is 5.98. The average molecular weight is 408 g/mol. The number of benzene rings is 1. The van der Waals surface area contributed by atoms with E-state index in [4.69, 9.17) is 5.73 Å². The molecule has 0 spiro atoms. The van der Waals surface area contributed by atoms with Crippen molar-refractivity contribution in [3.63, 3.8) is 0 Å². The Balaban J connectivity index is 1.49. The number of carbonyl (C=O) groups excluding carboxylic acids is 1. The van der Waals surface area contributed by atoms with E-state index in [1.54, 1.807) is 6.07 Å². The van der Waals surface area contributed by atoms with E-state index in [0.29, 0.717) is 0 Å². The molecular weight excluding hydrogens is 382 g/mol. The maximum Gasteiger partial charge on any atom is 0.267 e. The molecule has 1 aliphatic carbocycles. The number of carbonyl (C=O) groups is 1. The summed E-state index contributed by atoms with van der Waals surface area (Å²) in [5.41, 5.74) is 10.7. The van der Waals surface area contributed by atoms with Crippen molar-refractivity contribution >= 4 is 28.6 Å². The molecule has 0 bridgehead atoms. The second kappa shape index (κ2) is 7.46. The number of hydrogen-bond acceptors (Lipinski definition) is 5. The molecule has 7 heteroatoms. The van der Waals surface area contributed by atoms with E-state index in [-0.39, 0.29) is 5.69 Å². The van der Waals surface area contributed by atoms with Gasteiger partial charge in [-0.3, -0.25) is 14.8 Å². The number of primary amides is 1. The van der Waals surface area contributed by atoms with Gasteiger partial charge in [0.05, 0.1) is 11.2 Å². The van der Waals surface area contributed by atoms with Gasteiger partial charge in [-0.1, -0.05) is 12.1 Å². The van der Waals surface area contributed by atoms with Gasteiger partial charge in [0.1, 0.15) is 5.69 Å². The molecule has 3 aromatic rings. The highest BCUT2D eigenvalue weighted by molar-refractivity contribution is 8.00. The molecule has 150 valence electrons. The van der Waals surface area contributed by atoms with Gasteiger partial charge in [0.15, 0.2) is 0 Å². The Labute approximate surface area is 174 Å². The zero-order valence-corrected chi connectivity index (χ0v) is 17.3. The topological polar surface area (TPSA) is 87.9 Å². The molecule has 6 nitrogen and oxygen atoms in total. The highest BCUT2D eigenvalue weighted by Crippen LogP contribution is 2.41. The number of fused-ring (bicyclic) bond motifs is 1. The van der Waals surface area contributed by atoms with E-state index < -0.39 is 5.91 Å². The molecule has 3 heterocycles. The maximum absolute atomic E-state index is 11.9. The van der Waals surface area contributed by atoms with Gasteiger partial charge in [-0.25, -0.2) is 4.98 Å². The number of hydrogen-bond donors (Lipinski definition) is 2. The normalized spacial score (nSPS) is 20.2. The van der Waals surface area contributed by atoms with Crippen molar-refractivity contribution in [1.29, 1.82) is 0 Å². The van der Waals surface area contributed by atoms with E-state index >= 15 is 0 Å². The van der Waals surface area contributed by atoms with Crippen LogP contribution in [0.1, 0.15) is 34.6 Å². The first-order chi connectivity index (χ1) is 14.1. The zero-order valence-electron chi connectivity index (χ0n) is 16.5. The van der Waals surface area contributed by atoms with E-state index in [9.17, 15) is 4.79 Å². The lowest BCUT2D eigenvalue weighted by molar-refractivity contribution is 0.0996. The van der Waals surface area contributed by atoms with Gasteiger partial charge >= 0.3 is 0 Å². The molecule has 0 radical (unpaired) electrons. The van der Waals surface area contributed by atoms with Crippen LogP contribution in [0.25, 0.3) is 22.0 Å². The Morgan fingerprint density at radius 1 is 1.31 bits per heavy atom. The molecule has 2 aliphatic rings. The standard InChI is InChI=1S/C22H25N5OS/c1-13-18(10-24-26-13)17-9-20(22(23)28)25-19-8-14(2-5-16(17)19)11-27-6-7-29-21(12-27)15-3-4-15/h2,5,8-10,15,21H,3-4,6-7,11-12H2,1H3,(H2,23,28)(H,24,26). The second-order valence-corrected chi connectivity index (χ2v) is 9.48. The van der Waals surface area contributed by atoms with Gasteiger partial charge in [-0.05, 0) is 48.9 Å². The molecule has 2 fully saturated rings. The number of nitrogens with zero attached hydrogens (tertiary/aromatic N) is 3. The zero-order chi connectivity index (χ0) is 20.0. The van der Waals surface area contributed by atoms with Crippen LogP contribution in [0.5, 0.6) is 0 Å². The third-order valence-corrected chi connectivity index (χ3v) is 7.36. The first kappa shape index (κ1) is 18.6. The van der Waals surface area contributed by atoms with Crippen LogP contribution in [0.4, 0.5) is 0 Å². The molecule has 1 amide bonds. The van der Waals surface area contributed by atoms with Gasteiger partial charge in [0.25, 0.3) is 5.91 Å². The summed E-state index contributed by atoms with van der Waals surface area (Å²) in [5, 5.41) is 8.92. The van der Waals surface area contributed by atoms with Gasteiger partial charge in [0.2, 0.25) is 0 Å². The molecule has 1 atom stereocenters. The van der Waals surface area contributed by atoms with Gasteiger partial charge in [-0.2, -0.15) is 16.9 Å². The molecule has 2 aromatic heterocycles. The van der Waals surface area contributed by atoms with Crippen LogP contribution < -0.4 is 5.73 Å². The van der Waals surface area contributed by atoms with E-state index in [0.717, 1.165) is 52.0 Å². The lowest BCUT2D eigenvalue weighted by Gasteiger charge is -2.32. The van der Waals surface area contributed by atoms with Crippen molar-refractivity contribution in [2.45, 2.75) is 31.6 Å². The molecule has 3 N–H and O–H groups in total. The highest BCUT2D eigenvalue weighted by Gasteiger charge is 2.34. The number of thioether (sulfide) groups is 1. The minimum Gasteiger partial charge on any atom is -0.364 e. The van der Waals surface area contributed by atoms with Crippen LogP contribution in [-0.4, -0.2) is 50.1 Å². The summed E-state index contributed by atoms with van der Waals surface area (Å²) < 4.78 is 0. The fraction of sp³-hybridized carbons (Fsp3) is 0.409. The predicted octanol–water partition coefficient (Wildman–Crippen LogP) is 3.36. The lowest BCUT2D eigenvalue weighted by atomic mass is 9.99. The number of aromatic amines is 1. The van der Waals surface area contributed by atoms with Gasteiger partial charge in [-0.15, -0.1) is 0 Å². The molecule has 1 aliphatic heterocycles. The molecule has 1 unspecified atom stereocenters. The smallest absolute Gasteiger partial charge is 0.267 e. The SMILES string of the molecule is Cc1n[nH]cc1-c1cc(C(N)=O)nc2cc(CN3CCSC(C4CC4)C3)ccc12. The molecular formula is C22H25N5OS. The monoisotopic (exact) mass is 407 g/mol. The van der Waals surface area contributed by atoms with Crippen molar-refractivity contribution in [3.8, 4) is 11.1 Å². The maximum atomic E-state index is 11.9. The lowest BCUT2D eigenvalue weighted by Crippen LogP contribution is -2.38. The Bertz CT molecular complexity index is 1070. The summed E-state index contributed by atoms with van der Waals surface area (Å²) in [6.07, 6.45) is 4.65. The van der Waals surface area contributed by atoms with Crippen molar-refractivity contribution < 1.29 is 4.79 Å². The third kappa shape index (κ3) is 3.76. The predicted molar refractivity (Wildman–Crippen MR) is 117 cm³/mol. The summed E-state index contributed by atoms with van der Waals surface area (Å²) in [6, 6.07) is 8.17.